The van der Waals surface area contributed by atoms with E-state index in [-0.39, 0.29) is 10.8 Å². The van der Waals surface area contributed by atoms with E-state index in [4.69, 9.17) is 5.10 Å². The zero-order valence-corrected chi connectivity index (χ0v) is 20.3. The number of aromatic nitrogens is 2. The molecule has 0 unspecified atom stereocenters. The van der Waals surface area contributed by atoms with Gasteiger partial charge in [-0.2, -0.15) is 5.10 Å². The van der Waals surface area contributed by atoms with Gasteiger partial charge in [0, 0.05) is 31.5 Å². The first-order valence-corrected chi connectivity index (χ1v) is 12.2. The molecule has 0 bridgehead atoms. The standard InChI is InChI=1S/C26H26N4O3S/c1-18-10-13-21(14-11-18)30-17-23(25(28-30)20-8-6-5-7-9-20)26(31)27-24-16-22(15-12-19(24)2)34(32,33)29(3)4/h5-17H,1-4H3,(H,27,31). The predicted octanol–water partition coefficient (Wildman–Crippen LogP) is 4.66. The van der Waals surface area contributed by atoms with E-state index in [9.17, 15) is 13.2 Å². The number of rotatable bonds is 6. The summed E-state index contributed by atoms with van der Waals surface area (Å²) in [6.45, 7) is 3.82. The van der Waals surface area contributed by atoms with E-state index in [1.165, 1.54) is 26.2 Å². The van der Waals surface area contributed by atoms with Crippen LogP contribution in [0.2, 0.25) is 0 Å². The summed E-state index contributed by atoms with van der Waals surface area (Å²) in [7, 11) is -0.695. The summed E-state index contributed by atoms with van der Waals surface area (Å²) >= 11 is 0. The summed E-state index contributed by atoms with van der Waals surface area (Å²) in [6.07, 6.45) is 1.69. The Morgan fingerprint density at radius 1 is 0.941 bits per heavy atom. The van der Waals surface area contributed by atoms with Crippen molar-refractivity contribution in [3.05, 3.63) is 95.7 Å². The van der Waals surface area contributed by atoms with Crippen LogP contribution in [0.25, 0.3) is 16.9 Å². The number of anilines is 1. The van der Waals surface area contributed by atoms with Crippen molar-refractivity contribution in [2.45, 2.75) is 18.7 Å². The third-order valence-corrected chi connectivity index (χ3v) is 7.35. The zero-order chi connectivity index (χ0) is 24.5. The summed E-state index contributed by atoms with van der Waals surface area (Å²) in [4.78, 5) is 13.5. The molecule has 0 spiro atoms. The highest BCUT2D eigenvalue weighted by molar-refractivity contribution is 7.89. The Labute approximate surface area is 199 Å². The molecule has 7 nitrogen and oxygen atoms in total. The minimum atomic E-state index is -3.64. The van der Waals surface area contributed by atoms with E-state index in [1.807, 2.05) is 68.4 Å². The van der Waals surface area contributed by atoms with Gasteiger partial charge in [-0.05, 0) is 43.7 Å². The molecule has 0 aliphatic rings. The molecule has 4 rings (SSSR count). The fourth-order valence-electron chi connectivity index (χ4n) is 3.48. The maximum Gasteiger partial charge on any atom is 0.259 e. The third-order valence-electron chi connectivity index (χ3n) is 5.54. The highest BCUT2D eigenvalue weighted by Crippen LogP contribution is 2.27. The van der Waals surface area contributed by atoms with Crippen molar-refractivity contribution < 1.29 is 13.2 Å². The van der Waals surface area contributed by atoms with E-state index in [1.54, 1.807) is 16.9 Å². The summed E-state index contributed by atoms with van der Waals surface area (Å²) in [5, 5.41) is 7.59. The molecule has 0 aliphatic carbocycles. The largest absolute Gasteiger partial charge is 0.322 e. The fourth-order valence-corrected chi connectivity index (χ4v) is 4.40. The molecule has 0 radical (unpaired) electrons. The van der Waals surface area contributed by atoms with Gasteiger partial charge in [-0.25, -0.2) is 17.4 Å². The number of benzene rings is 3. The lowest BCUT2D eigenvalue weighted by atomic mass is 10.1. The molecule has 174 valence electrons. The van der Waals surface area contributed by atoms with E-state index in [0.717, 1.165) is 26.7 Å². The molecule has 0 atom stereocenters. The van der Waals surface area contributed by atoms with Crippen LogP contribution < -0.4 is 5.32 Å². The first-order valence-electron chi connectivity index (χ1n) is 10.7. The number of carbonyl (C=O) groups excluding carboxylic acids is 1. The van der Waals surface area contributed by atoms with Crippen molar-refractivity contribution in [2.24, 2.45) is 0 Å². The topological polar surface area (TPSA) is 84.3 Å². The van der Waals surface area contributed by atoms with Crippen LogP contribution in [-0.4, -0.2) is 42.5 Å². The van der Waals surface area contributed by atoms with E-state index in [0.29, 0.717) is 16.9 Å². The van der Waals surface area contributed by atoms with Crippen LogP contribution in [0.15, 0.2) is 83.9 Å². The summed E-state index contributed by atoms with van der Waals surface area (Å²) < 4.78 is 28.0. The zero-order valence-electron chi connectivity index (χ0n) is 19.5. The highest BCUT2D eigenvalue weighted by atomic mass is 32.2. The van der Waals surface area contributed by atoms with Crippen LogP contribution in [0.5, 0.6) is 0 Å². The summed E-state index contributed by atoms with van der Waals surface area (Å²) in [5.74, 6) is -0.375. The molecule has 34 heavy (non-hydrogen) atoms. The van der Waals surface area contributed by atoms with Crippen LogP contribution in [0.3, 0.4) is 0 Å². The second kappa shape index (κ2) is 9.24. The van der Waals surface area contributed by atoms with Crippen molar-refractivity contribution in [3.63, 3.8) is 0 Å². The Morgan fingerprint density at radius 3 is 2.26 bits per heavy atom. The van der Waals surface area contributed by atoms with Gasteiger partial charge in [0.05, 0.1) is 16.1 Å². The van der Waals surface area contributed by atoms with Crippen LogP contribution in [0, 0.1) is 13.8 Å². The lowest BCUT2D eigenvalue weighted by Crippen LogP contribution is -2.22. The van der Waals surface area contributed by atoms with Crippen molar-refractivity contribution in [1.82, 2.24) is 14.1 Å². The first-order chi connectivity index (χ1) is 16.2. The highest BCUT2D eigenvalue weighted by Gasteiger charge is 2.22. The average Bonchev–Trinajstić information content (AvgIpc) is 3.27. The lowest BCUT2D eigenvalue weighted by Gasteiger charge is -2.14. The van der Waals surface area contributed by atoms with Gasteiger partial charge < -0.3 is 5.32 Å². The van der Waals surface area contributed by atoms with Gasteiger partial charge in [0.1, 0.15) is 5.69 Å². The number of sulfonamides is 1. The lowest BCUT2D eigenvalue weighted by molar-refractivity contribution is 0.102. The molecule has 4 aromatic rings. The smallest absolute Gasteiger partial charge is 0.259 e. The number of nitrogens with zero attached hydrogens (tertiary/aromatic N) is 3. The van der Waals surface area contributed by atoms with Crippen LogP contribution >= 0.6 is 0 Å². The Hall–Kier alpha value is -3.75. The first kappa shape index (κ1) is 23.4. The number of amides is 1. The third kappa shape index (κ3) is 4.64. The molecule has 1 heterocycles. The molecule has 1 amide bonds. The van der Waals surface area contributed by atoms with Gasteiger partial charge in [0.2, 0.25) is 10.0 Å². The van der Waals surface area contributed by atoms with Gasteiger partial charge in [0.15, 0.2) is 0 Å². The average molecular weight is 475 g/mol. The van der Waals surface area contributed by atoms with Crippen LogP contribution in [0.4, 0.5) is 5.69 Å². The van der Waals surface area contributed by atoms with Gasteiger partial charge in [-0.1, -0.05) is 54.1 Å². The maximum absolute atomic E-state index is 13.4. The molecule has 0 fully saturated rings. The number of hydrogen-bond donors (Lipinski definition) is 1. The number of carbonyl (C=O) groups is 1. The Kier molecular flexibility index (Phi) is 6.37. The fraction of sp³-hybridized carbons (Fsp3) is 0.154. The molecule has 1 aromatic heterocycles. The maximum atomic E-state index is 13.4. The molecule has 3 aromatic carbocycles. The van der Waals surface area contributed by atoms with E-state index >= 15 is 0 Å². The van der Waals surface area contributed by atoms with Gasteiger partial charge in [-0.15, -0.1) is 0 Å². The normalized spacial score (nSPS) is 11.6. The second-order valence-electron chi connectivity index (χ2n) is 8.26. The van der Waals surface area contributed by atoms with Crippen molar-refractivity contribution in [1.29, 1.82) is 0 Å². The van der Waals surface area contributed by atoms with Crippen LogP contribution in [-0.2, 0) is 10.0 Å². The Bertz CT molecular complexity index is 1440. The number of nitrogens with one attached hydrogen (secondary N) is 1. The molecule has 0 saturated heterocycles. The minimum Gasteiger partial charge on any atom is -0.322 e. The van der Waals surface area contributed by atoms with E-state index in [2.05, 4.69) is 5.32 Å². The molecule has 0 aliphatic heterocycles. The molecule has 0 saturated carbocycles. The molecule has 8 heteroatoms. The molecular formula is C26H26N4O3S. The second-order valence-corrected chi connectivity index (χ2v) is 10.4. The van der Waals surface area contributed by atoms with Gasteiger partial charge in [0.25, 0.3) is 5.91 Å². The van der Waals surface area contributed by atoms with Crippen LogP contribution in [0.1, 0.15) is 21.5 Å². The minimum absolute atomic E-state index is 0.108. The predicted molar refractivity (Wildman–Crippen MR) is 134 cm³/mol. The van der Waals surface area contributed by atoms with E-state index < -0.39 is 10.0 Å². The Balaban J connectivity index is 1.76. The molecular weight excluding hydrogens is 448 g/mol. The molecule has 1 N–H and O–H groups in total. The van der Waals surface area contributed by atoms with Crippen molar-refractivity contribution in [2.75, 3.05) is 19.4 Å². The Morgan fingerprint density at radius 2 is 1.62 bits per heavy atom. The summed E-state index contributed by atoms with van der Waals surface area (Å²) in [6, 6.07) is 22.0. The summed E-state index contributed by atoms with van der Waals surface area (Å²) in [5.41, 5.74) is 4.85. The van der Waals surface area contributed by atoms with Crippen molar-refractivity contribution in [3.8, 4) is 16.9 Å². The number of aryl methyl sites for hydroxylation is 2. The quantitative estimate of drug-likeness (QED) is 0.441. The monoisotopic (exact) mass is 474 g/mol. The van der Waals surface area contributed by atoms with Crippen molar-refractivity contribution >= 4 is 21.6 Å². The van der Waals surface area contributed by atoms with Gasteiger partial charge >= 0.3 is 0 Å². The SMILES string of the molecule is Cc1ccc(-n2cc(C(=O)Nc3cc(S(=O)(=O)N(C)C)ccc3C)c(-c3ccccc3)n2)cc1. The van der Waals surface area contributed by atoms with Gasteiger partial charge in [-0.3, -0.25) is 4.79 Å². The number of hydrogen-bond acceptors (Lipinski definition) is 4.